The molecule has 2 heterocycles. The van der Waals surface area contributed by atoms with Crippen LogP contribution in [0.3, 0.4) is 0 Å². The molecular formula is C27H31N5O2. The molecule has 34 heavy (non-hydrogen) atoms. The predicted octanol–water partition coefficient (Wildman–Crippen LogP) is 4.73. The number of aromatic nitrogens is 3. The van der Waals surface area contributed by atoms with E-state index in [-0.39, 0.29) is 30.0 Å². The minimum absolute atomic E-state index is 0.0728. The van der Waals surface area contributed by atoms with Gasteiger partial charge in [-0.1, -0.05) is 44.2 Å². The van der Waals surface area contributed by atoms with Gasteiger partial charge in [0.05, 0.1) is 23.2 Å². The molecule has 4 aromatic rings. The van der Waals surface area contributed by atoms with Gasteiger partial charge < -0.3 is 15.7 Å². The van der Waals surface area contributed by atoms with Crippen molar-refractivity contribution >= 4 is 28.4 Å². The third-order valence-electron chi connectivity index (χ3n) is 6.73. The average molecular weight is 458 g/mol. The first-order valence-corrected chi connectivity index (χ1v) is 12.1. The fourth-order valence-corrected chi connectivity index (χ4v) is 4.83. The monoisotopic (exact) mass is 457 g/mol. The molecule has 2 aromatic heterocycles. The van der Waals surface area contributed by atoms with Crippen molar-refractivity contribution in [2.24, 2.45) is 5.92 Å². The fraction of sp³-hybridized carbons (Fsp3) is 0.370. The van der Waals surface area contributed by atoms with Gasteiger partial charge in [0.15, 0.2) is 11.5 Å². The van der Waals surface area contributed by atoms with Crippen LogP contribution in [0.5, 0.6) is 0 Å². The van der Waals surface area contributed by atoms with E-state index in [9.17, 15) is 9.90 Å². The number of hydrogen-bond acceptors (Lipinski definition) is 5. The van der Waals surface area contributed by atoms with Crippen molar-refractivity contribution < 1.29 is 9.90 Å². The molecule has 0 radical (unpaired) electrons. The van der Waals surface area contributed by atoms with Gasteiger partial charge in [0.1, 0.15) is 0 Å². The Kier molecular flexibility index (Phi) is 6.20. The van der Waals surface area contributed by atoms with Crippen molar-refractivity contribution in [2.75, 3.05) is 5.32 Å². The van der Waals surface area contributed by atoms with Crippen LogP contribution < -0.4 is 10.6 Å². The Hall–Kier alpha value is -3.45. The molecule has 7 nitrogen and oxygen atoms in total. The molecule has 3 N–H and O–H groups in total. The fourth-order valence-electron chi connectivity index (χ4n) is 4.83. The standard InChI is InChI=1S/C27H31N5O2/c1-17(2)24(18-6-4-3-5-7-18)31-27(34)19-8-13-22-23(16-19)32-15-14-28-26(32)25(30-22)29-20-9-11-21(33)12-10-20/h3-8,13-17,20-21,24,33H,9-12H2,1-2H3,(H,29,30)(H,31,34)/t20?,21?,24-/m1/s1. The van der Waals surface area contributed by atoms with E-state index in [0.29, 0.717) is 5.56 Å². The maximum atomic E-state index is 13.2. The van der Waals surface area contributed by atoms with E-state index in [4.69, 9.17) is 4.98 Å². The van der Waals surface area contributed by atoms with Crippen LogP contribution in [0.15, 0.2) is 60.9 Å². The van der Waals surface area contributed by atoms with E-state index in [1.165, 1.54) is 0 Å². The van der Waals surface area contributed by atoms with Gasteiger partial charge >= 0.3 is 0 Å². The molecule has 0 bridgehead atoms. The second-order valence-electron chi connectivity index (χ2n) is 9.54. The number of hydrogen-bond donors (Lipinski definition) is 3. The van der Waals surface area contributed by atoms with Crippen molar-refractivity contribution in [3.63, 3.8) is 0 Å². The highest BCUT2D eigenvalue weighted by Crippen LogP contribution is 2.27. The van der Waals surface area contributed by atoms with E-state index < -0.39 is 0 Å². The number of nitrogens with zero attached hydrogens (tertiary/aromatic N) is 3. The van der Waals surface area contributed by atoms with E-state index in [0.717, 1.165) is 53.7 Å². The number of amides is 1. The Labute approximate surface area is 199 Å². The van der Waals surface area contributed by atoms with Crippen molar-refractivity contribution in [3.05, 3.63) is 72.1 Å². The van der Waals surface area contributed by atoms with E-state index >= 15 is 0 Å². The Morgan fingerprint density at radius 3 is 2.59 bits per heavy atom. The van der Waals surface area contributed by atoms with Crippen LogP contribution in [0.4, 0.5) is 5.82 Å². The van der Waals surface area contributed by atoms with Gasteiger partial charge in [-0.2, -0.15) is 0 Å². The van der Waals surface area contributed by atoms with E-state index in [1.54, 1.807) is 6.20 Å². The second kappa shape index (κ2) is 9.43. The molecule has 1 amide bonds. The third kappa shape index (κ3) is 4.48. The van der Waals surface area contributed by atoms with Crippen LogP contribution in [0.1, 0.15) is 61.5 Å². The van der Waals surface area contributed by atoms with Crippen LogP contribution in [0.25, 0.3) is 16.7 Å². The summed E-state index contributed by atoms with van der Waals surface area (Å²) in [6, 6.07) is 15.9. The third-order valence-corrected chi connectivity index (χ3v) is 6.73. The molecular weight excluding hydrogens is 426 g/mol. The van der Waals surface area contributed by atoms with Gasteiger partial charge in [-0.25, -0.2) is 9.97 Å². The van der Waals surface area contributed by atoms with E-state index in [1.807, 2.05) is 59.1 Å². The largest absolute Gasteiger partial charge is 0.393 e. The van der Waals surface area contributed by atoms with Gasteiger partial charge in [0.25, 0.3) is 5.91 Å². The Balaban J connectivity index is 1.43. The number of aliphatic hydroxyl groups is 1. The summed E-state index contributed by atoms with van der Waals surface area (Å²) in [5, 5.41) is 16.5. The lowest BCUT2D eigenvalue weighted by Gasteiger charge is -2.26. The molecule has 1 atom stereocenters. The first-order chi connectivity index (χ1) is 16.5. The quantitative estimate of drug-likeness (QED) is 0.390. The summed E-state index contributed by atoms with van der Waals surface area (Å²) in [6.07, 6.45) is 6.87. The molecule has 176 valence electrons. The molecule has 1 saturated carbocycles. The predicted molar refractivity (Wildman–Crippen MR) is 134 cm³/mol. The molecule has 2 aromatic carbocycles. The van der Waals surface area contributed by atoms with Crippen LogP contribution in [0, 0.1) is 5.92 Å². The lowest BCUT2D eigenvalue weighted by atomic mass is 9.93. The van der Waals surface area contributed by atoms with Crippen LogP contribution >= 0.6 is 0 Å². The molecule has 0 saturated heterocycles. The van der Waals surface area contributed by atoms with E-state index in [2.05, 4.69) is 29.5 Å². The summed E-state index contributed by atoms with van der Waals surface area (Å²) < 4.78 is 1.98. The lowest BCUT2D eigenvalue weighted by molar-refractivity contribution is 0.0925. The topological polar surface area (TPSA) is 91.5 Å². The number of anilines is 1. The Bertz CT molecular complexity index is 1290. The molecule has 1 aliphatic carbocycles. The van der Waals surface area contributed by atoms with Crippen LogP contribution in [0.2, 0.25) is 0 Å². The Morgan fingerprint density at radius 1 is 1.09 bits per heavy atom. The number of benzene rings is 2. The maximum absolute atomic E-state index is 13.2. The number of imidazole rings is 1. The highest BCUT2D eigenvalue weighted by atomic mass is 16.3. The number of rotatable bonds is 6. The van der Waals surface area contributed by atoms with Gasteiger partial charge in [-0.3, -0.25) is 9.20 Å². The highest BCUT2D eigenvalue weighted by molar-refractivity contribution is 5.98. The smallest absolute Gasteiger partial charge is 0.251 e. The van der Waals surface area contributed by atoms with Gasteiger partial charge in [-0.05, 0) is 55.4 Å². The molecule has 1 fully saturated rings. The first kappa shape index (κ1) is 22.3. The highest BCUT2D eigenvalue weighted by Gasteiger charge is 2.22. The molecule has 0 unspecified atom stereocenters. The van der Waals surface area contributed by atoms with Gasteiger partial charge in [0.2, 0.25) is 0 Å². The van der Waals surface area contributed by atoms with Crippen LogP contribution in [-0.4, -0.2) is 37.5 Å². The summed E-state index contributed by atoms with van der Waals surface area (Å²) in [6.45, 7) is 4.22. The van der Waals surface area contributed by atoms with Crippen molar-refractivity contribution in [1.82, 2.24) is 19.7 Å². The molecule has 0 spiro atoms. The number of aliphatic hydroxyl groups excluding tert-OH is 1. The minimum Gasteiger partial charge on any atom is -0.393 e. The zero-order valence-corrected chi connectivity index (χ0v) is 19.6. The summed E-state index contributed by atoms with van der Waals surface area (Å²) in [4.78, 5) is 22.6. The number of nitrogens with one attached hydrogen (secondary N) is 2. The minimum atomic E-state index is -0.198. The summed E-state index contributed by atoms with van der Waals surface area (Å²) >= 11 is 0. The summed E-state index contributed by atoms with van der Waals surface area (Å²) in [5.74, 6) is 0.879. The molecule has 0 aliphatic heterocycles. The zero-order chi connectivity index (χ0) is 23.7. The Morgan fingerprint density at radius 2 is 1.85 bits per heavy atom. The van der Waals surface area contributed by atoms with Crippen LogP contribution in [-0.2, 0) is 0 Å². The maximum Gasteiger partial charge on any atom is 0.251 e. The lowest BCUT2D eigenvalue weighted by Crippen LogP contribution is -2.31. The zero-order valence-electron chi connectivity index (χ0n) is 19.6. The average Bonchev–Trinajstić information content (AvgIpc) is 3.35. The number of carbonyl (C=O) groups is 1. The molecule has 1 aliphatic rings. The summed E-state index contributed by atoms with van der Waals surface area (Å²) in [7, 11) is 0. The second-order valence-corrected chi connectivity index (χ2v) is 9.54. The summed E-state index contributed by atoms with van der Waals surface area (Å²) in [5.41, 5.74) is 4.05. The van der Waals surface area contributed by atoms with Crippen molar-refractivity contribution in [2.45, 2.75) is 57.7 Å². The normalized spacial score (nSPS) is 19.4. The van der Waals surface area contributed by atoms with Crippen molar-refractivity contribution in [1.29, 1.82) is 0 Å². The number of carbonyl (C=O) groups excluding carboxylic acids is 1. The number of fused-ring (bicyclic) bond motifs is 3. The van der Waals surface area contributed by atoms with Gasteiger partial charge in [0, 0.05) is 24.0 Å². The van der Waals surface area contributed by atoms with Gasteiger partial charge in [-0.15, -0.1) is 0 Å². The molecule has 5 rings (SSSR count). The first-order valence-electron chi connectivity index (χ1n) is 12.1. The molecule has 7 heteroatoms. The SMILES string of the molecule is CC(C)[C@@H](NC(=O)c1ccc2nc(NC3CCC(O)CC3)c3nccn3c2c1)c1ccccc1. The van der Waals surface area contributed by atoms with Crippen molar-refractivity contribution in [3.8, 4) is 0 Å².